The average Bonchev–Trinajstić information content (AvgIpc) is 2.35. The van der Waals surface area contributed by atoms with Gasteiger partial charge in [-0.25, -0.2) is 0 Å². The molecule has 0 spiro atoms. The van der Waals surface area contributed by atoms with Crippen molar-refractivity contribution in [1.29, 1.82) is 0 Å². The van der Waals surface area contributed by atoms with E-state index >= 15 is 0 Å². The van der Waals surface area contributed by atoms with E-state index < -0.39 is 0 Å². The zero-order valence-electron chi connectivity index (χ0n) is 10.0. The van der Waals surface area contributed by atoms with Crippen LogP contribution in [0.5, 0.6) is 0 Å². The number of nitrogens with two attached hydrogens (primary N) is 1. The van der Waals surface area contributed by atoms with Crippen LogP contribution in [0.2, 0.25) is 0 Å². The summed E-state index contributed by atoms with van der Waals surface area (Å²) in [7, 11) is 0. The summed E-state index contributed by atoms with van der Waals surface area (Å²) in [4.78, 5) is 4.34. The summed E-state index contributed by atoms with van der Waals surface area (Å²) < 4.78 is 0. The number of fused-ring (bicyclic) bond motifs is 1. The van der Waals surface area contributed by atoms with E-state index in [-0.39, 0.29) is 18.6 Å². The Hall–Kier alpha value is -1.45. The van der Waals surface area contributed by atoms with Gasteiger partial charge in [-0.2, -0.15) is 0 Å². The summed E-state index contributed by atoms with van der Waals surface area (Å²) in [6, 6.07) is 10.1. The van der Waals surface area contributed by atoms with Gasteiger partial charge in [0, 0.05) is 30.1 Å². The maximum absolute atomic E-state index is 9.15. The number of aliphatic hydroxyl groups is 1. The van der Waals surface area contributed by atoms with Gasteiger partial charge >= 0.3 is 0 Å². The summed E-state index contributed by atoms with van der Waals surface area (Å²) in [6.45, 7) is 2.14. The summed E-state index contributed by atoms with van der Waals surface area (Å²) in [5.41, 5.74) is 8.17. The van der Waals surface area contributed by atoms with Gasteiger partial charge in [-0.3, -0.25) is 4.98 Å². The highest BCUT2D eigenvalue weighted by atomic mass is 16.3. The van der Waals surface area contributed by atoms with Gasteiger partial charge in [0.05, 0.1) is 5.52 Å². The van der Waals surface area contributed by atoms with Crippen LogP contribution >= 0.6 is 0 Å². The van der Waals surface area contributed by atoms with Gasteiger partial charge in [0.25, 0.3) is 0 Å². The molecule has 2 unspecified atom stereocenters. The maximum Gasteiger partial charge on any atom is 0.0704 e. The molecule has 1 aromatic carbocycles. The Morgan fingerprint density at radius 1 is 1.29 bits per heavy atom. The molecule has 2 rings (SSSR count). The van der Waals surface area contributed by atoms with E-state index in [1.807, 2.05) is 37.4 Å². The lowest BCUT2D eigenvalue weighted by molar-refractivity contribution is 0.269. The molecule has 3 N–H and O–H groups in total. The monoisotopic (exact) mass is 230 g/mol. The molecule has 0 aliphatic carbocycles. The molecule has 0 aliphatic heterocycles. The van der Waals surface area contributed by atoms with Crippen LogP contribution in [0.25, 0.3) is 10.9 Å². The quantitative estimate of drug-likeness (QED) is 0.845. The molecule has 1 aromatic heterocycles. The Kier molecular flexibility index (Phi) is 3.71. The molecular weight excluding hydrogens is 212 g/mol. The van der Waals surface area contributed by atoms with Crippen molar-refractivity contribution in [3.63, 3.8) is 0 Å². The molecule has 90 valence electrons. The molecule has 2 atom stereocenters. The Labute approximate surface area is 101 Å². The van der Waals surface area contributed by atoms with Gasteiger partial charge in [-0.05, 0) is 31.0 Å². The van der Waals surface area contributed by atoms with Gasteiger partial charge < -0.3 is 10.8 Å². The number of para-hydroxylation sites is 1. The lowest BCUT2D eigenvalue weighted by Crippen LogP contribution is -2.25. The fourth-order valence-corrected chi connectivity index (χ4v) is 2.28. The SMILES string of the molecule is CC(N)C(CCO)c1ccnc2ccccc12. The molecule has 0 bridgehead atoms. The standard InChI is InChI=1S/C14H18N2O/c1-10(15)11(7-9-17)12-6-8-16-14-5-3-2-4-13(12)14/h2-6,8,10-11,17H,7,9,15H2,1H3. The van der Waals surface area contributed by atoms with Gasteiger partial charge in [-0.1, -0.05) is 18.2 Å². The van der Waals surface area contributed by atoms with Crippen LogP contribution in [0, 0.1) is 0 Å². The molecule has 2 aromatic rings. The second-order valence-electron chi connectivity index (χ2n) is 4.40. The molecule has 17 heavy (non-hydrogen) atoms. The molecule has 0 fully saturated rings. The largest absolute Gasteiger partial charge is 0.396 e. The minimum Gasteiger partial charge on any atom is -0.396 e. The van der Waals surface area contributed by atoms with Gasteiger partial charge in [0.2, 0.25) is 0 Å². The Balaban J connectivity index is 2.52. The highest BCUT2D eigenvalue weighted by molar-refractivity contribution is 5.82. The second kappa shape index (κ2) is 5.25. The zero-order chi connectivity index (χ0) is 12.3. The maximum atomic E-state index is 9.15. The first-order valence-electron chi connectivity index (χ1n) is 5.94. The van der Waals surface area contributed by atoms with Crippen molar-refractivity contribution < 1.29 is 5.11 Å². The molecule has 0 aliphatic rings. The lowest BCUT2D eigenvalue weighted by atomic mass is 9.88. The third-order valence-corrected chi connectivity index (χ3v) is 3.16. The van der Waals surface area contributed by atoms with E-state index in [0.717, 1.165) is 10.9 Å². The molecule has 0 radical (unpaired) electrons. The number of rotatable bonds is 4. The first kappa shape index (κ1) is 12.0. The van der Waals surface area contributed by atoms with Crippen molar-refractivity contribution in [3.8, 4) is 0 Å². The Bertz CT molecular complexity index is 491. The molecule has 0 saturated carbocycles. The molecular formula is C14H18N2O. The normalized spacial score (nSPS) is 14.8. The van der Waals surface area contributed by atoms with Crippen molar-refractivity contribution in [1.82, 2.24) is 4.98 Å². The van der Waals surface area contributed by atoms with E-state index in [1.54, 1.807) is 0 Å². The number of hydrogen-bond acceptors (Lipinski definition) is 3. The fourth-order valence-electron chi connectivity index (χ4n) is 2.28. The van der Waals surface area contributed by atoms with Gasteiger partial charge in [-0.15, -0.1) is 0 Å². The zero-order valence-corrected chi connectivity index (χ0v) is 10.0. The summed E-state index contributed by atoms with van der Waals surface area (Å²) >= 11 is 0. The first-order valence-corrected chi connectivity index (χ1v) is 5.94. The third-order valence-electron chi connectivity index (χ3n) is 3.16. The molecule has 0 amide bonds. The van der Waals surface area contributed by atoms with Crippen molar-refractivity contribution in [2.24, 2.45) is 5.73 Å². The van der Waals surface area contributed by atoms with E-state index in [2.05, 4.69) is 11.1 Å². The van der Waals surface area contributed by atoms with Gasteiger partial charge in [0.15, 0.2) is 0 Å². The second-order valence-corrected chi connectivity index (χ2v) is 4.40. The van der Waals surface area contributed by atoms with E-state index in [0.29, 0.717) is 6.42 Å². The summed E-state index contributed by atoms with van der Waals surface area (Å²) in [6.07, 6.45) is 2.50. The summed E-state index contributed by atoms with van der Waals surface area (Å²) in [5.74, 6) is 0.174. The number of nitrogens with zero attached hydrogens (tertiary/aromatic N) is 1. The topological polar surface area (TPSA) is 59.1 Å². The van der Waals surface area contributed by atoms with Crippen LogP contribution in [0.4, 0.5) is 0 Å². The van der Waals surface area contributed by atoms with Crippen LogP contribution in [-0.4, -0.2) is 22.7 Å². The lowest BCUT2D eigenvalue weighted by Gasteiger charge is -2.21. The highest BCUT2D eigenvalue weighted by Gasteiger charge is 2.18. The minimum atomic E-state index is 0.0213. The molecule has 1 heterocycles. The first-order chi connectivity index (χ1) is 8.24. The van der Waals surface area contributed by atoms with Crippen LogP contribution < -0.4 is 5.73 Å². The van der Waals surface area contributed by atoms with E-state index in [1.165, 1.54) is 5.56 Å². The molecule has 0 saturated heterocycles. The summed E-state index contributed by atoms with van der Waals surface area (Å²) in [5, 5.41) is 10.3. The van der Waals surface area contributed by atoms with Crippen molar-refractivity contribution in [3.05, 3.63) is 42.1 Å². The van der Waals surface area contributed by atoms with Gasteiger partial charge in [0.1, 0.15) is 0 Å². The number of benzene rings is 1. The predicted octanol–water partition coefficient (Wildman–Crippen LogP) is 2.05. The number of aromatic nitrogens is 1. The fraction of sp³-hybridized carbons (Fsp3) is 0.357. The molecule has 3 nitrogen and oxygen atoms in total. The highest BCUT2D eigenvalue weighted by Crippen LogP contribution is 2.28. The number of pyridine rings is 1. The van der Waals surface area contributed by atoms with Crippen molar-refractivity contribution in [2.45, 2.75) is 25.3 Å². The van der Waals surface area contributed by atoms with Crippen LogP contribution in [0.3, 0.4) is 0 Å². The Morgan fingerprint density at radius 3 is 2.76 bits per heavy atom. The van der Waals surface area contributed by atoms with Crippen molar-refractivity contribution >= 4 is 10.9 Å². The van der Waals surface area contributed by atoms with Crippen LogP contribution in [-0.2, 0) is 0 Å². The van der Waals surface area contributed by atoms with Crippen molar-refractivity contribution in [2.75, 3.05) is 6.61 Å². The third kappa shape index (κ3) is 2.46. The van der Waals surface area contributed by atoms with E-state index in [9.17, 15) is 0 Å². The van der Waals surface area contributed by atoms with E-state index in [4.69, 9.17) is 10.8 Å². The number of hydrogen-bond donors (Lipinski definition) is 2. The number of aliphatic hydroxyl groups excluding tert-OH is 1. The molecule has 3 heteroatoms. The predicted molar refractivity (Wildman–Crippen MR) is 69.8 cm³/mol. The smallest absolute Gasteiger partial charge is 0.0704 e. The Morgan fingerprint density at radius 2 is 2.06 bits per heavy atom. The van der Waals surface area contributed by atoms with Crippen LogP contribution in [0.15, 0.2) is 36.5 Å². The van der Waals surface area contributed by atoms with Crippen LogP contribution in [0.1, 0.15) is 24.8 Å². The minimum absolute atomic E-state index is 0.0213. The average molecular weight is 230 g/mol.